The number of oxazole rings is 1. The summed E-state index contributed by atoms with van der Waals surface area (Å²) in [7, 11) is 0. The first-order valence-electron chi connectivity index (χ1n) is 5.32. The highest BCUT2D eigenvalue weighted by Crippen LogP contribution is 2.27. The van der Waals surface area contributed by atoms with Gasteiger partial charge in [0.05, 0.1) is 5.02 Å². The zero-order chi connectivity index (χ0) is 12.7. The number of rotatable bonds is 1. The average molecular weight is 279 g/mol. The third-order valence-corrected chi connectivity index (χ3v) is 3.25. The largest absolute Gasteiger partial charge is 0.418 e. The average Bonchev–Trinajstić information content (AvgIpc) is 2.75. The van der Waals surface area contributed by atoms with Crippen molar-refractivity contribution in [2.24, 2.45) is 0 Å². The second kappa shape index (κ2) is 4.26. The second-order valence-corrected chi connectivity index (χ2v) is 4.80. The number of halogens is 2. The van der Waals surface area contributed by atoms with Crippen LogP contribution in [0.3, 0.4) is 0 Å². The summed E-state index contributed by atoms with van der Waals surface area (Å²) in [5.74, 6) is 0.488. The molecule has 1 aromatic carbocycles. The van der Waals surface area contributed by atoms with Gasteiger partial charge in [-0.2, -0.15) is 0 Å². The minimum atomic E-state index is 0.464. The lowest BCUT2D eigenvalue weighted by Gasteiger charge is -1.99. The van der Waals surface area contributed by atoms with Crippen LogP contribution in [0.1, 0.15) is 5.56 Å². The normalized spacial score (nSPS) is 11.1. The summed E-state index contributed by atoms with van der Waals surface area (Å²) in [6.07, 6.45) is 1.53. The van der Waals surface area contributed by atoms with Gasteiger partial charge in [0.15, 0.2) is 0 Å². The molecule has 0 spiro atoms. The van der Waals surface area contributed by atoms with E-state index in [-0.39, 0.29) is 0 Å². The molecule has 0 bridgehead atoms. The maximum Gasteiger partial charge on any atom is 0.247 e. The second-order valence-electron chi connectivity index (χ2n) is 3.96. The van der Waals surface area contributed by atoms with Crippen molar-refractivity contribution in [3.05, 3.63) is 46.1 Å². The van der Waals surface area contributed by atoms with Gasteiger partial charge in [-0.15, -0.1) is 0 Å². The number of hydrogen-bond acceptors (Lipinski definition) is 3. The maximum absolute atomic E-state index is 6.08. The summed E-state index contributed by atoms with van der Waals surface area (Å²) in [6, 6.07) is 7.37. The maximum atomic E-state index is 6.08. The Morgan fingerprint density at radius 3 is 2.78 bits per heavy atom. The van der Waals surface area contributed by atoms with Crippen LogP contribution >= 0.6 is 23.2 Å². The van der Waals surface area contributed by atoms with Crippen LogP contribution in [-0.2, 0) is 0 Å². The highest BCUT2D eigenvalue weighted by molar-refractivity contribution is 6.31. The van der Waals surface area contributed by atoms with Crippen LogP contribution in [0.25, 0.3) is 22.7 Å². The van der Waals surface area contributed by atoms with Gasteiger partial charge in [0.1, 0.15) is 5.52 Å². The standard InChI is InChI=1S/C13H8Cl2N2O/c1-7-2-3-8(4-10(7)15)12-17-11-5-9(14)6-16-13(11)18-12/h2-6H,1H3. The Labute approximate surface area is 113 Å². The molecule has 0 saturated heterocycles. The molecule has 0 aliphatic rings. The quantitative estimate of drug-likeness (QED) is 0.658. The molecule has 0 fully saturated rings. The molecule has 3 aromatic rings. The molecule has 0 atom stereocenters. The van der Waals surface area contributed by atoms with Crippen molar-refractivity contribution in [3.63, 3.8) is 0 Å². The van der Waals surface area contributed by atoms with Crippen molar-refractivity contribution in [3.8, 4) is 11.5 Å². The number of nitrogens with zero attached hydrogens (tertiary/aromatic N) is 2. The van der Waals surface area contributed by atoms with Gasteiger partial charge in [0.2, 0.25) is 11.6 Å². The summed E-state index contributed by atoms with van der Waals surface area (Å²) in [5, 5.41) is 1.21. The van der Waals surface area contributed by atoms with Crippen LogP contribution in [-0.4, -0.2) is 9.97 Å². The zero-order valence-electron chi connectivity index (χ0n) is 9.45. The minimum Gasteiger partial charge on any atom is -0.418 e. The Morgan fingerprint density at radius 1 is 1.17 bits per heavy atom. The molecule has 0 unspecified atom stereocenters. The van der Waals surface area contributed by atoms with E-state index in [0.717, 1.165) is 11.1 Å². The third kappa shape index (κ3) is 1.96. The Kier molecular flexibility index (Phi) is 2.73. The molecule has 18 heavy (non-hydrogen) atoms. The topological polar surface area (TPSA) is 38.9 Å². The number of hydrogen-bond donors (Lipinski definition) is 0. The Hall–Kier alpha value is -1.58. The lowest BCUT2D eigenvalue weighted by atomic mass is 10.1. The predicted molar refractivity (Wildman–Crippen MR) is 72.0 cm³/mol. The van der Waals surface area contributed by atoms with E-state index >= 15 is 0 Å². The van der Waals surface area contributed by atoms with Crippen molar-refractivity contribution in [2.45, 2.75) is 6.92 Å². The van der Waals surface area contributed by atoms with Crippen LogP contribution in [0.2, 0.25) is 10.0 Å². The molecule has 0 N–H and O–H groups in total. The van der Waals surface area contributed by atoms with E-state index in [4.69, 9.17) is 27.6 Å². The molecule has 5 heteroatoms. The summed E-state index contributed by atoms with van der Waals surface area (Å²) >= 11 is 11.9. The lowest BCUT2D eigenvalue weighted by Crippen LogP contribution is -1.80. The highest BCUT2D eigenvalue weighted by atomic mass is 35.5. The Balaban J connectivity index is 2.16. The highest BCUT2D eigenvalue weighted by Gasteiger charge is 2.10. The Bertz CT molecular complexity index is 737. The SMILES string of the molecule is Cc1ccc(-c2nc3cc(Cl)cnc3o2)cc1Cl. The van der Waals surface area contributed by atoms with Crippen LogP contribution in [0, 0.1) is 6.92 Å². The van der Waals surface area contributed by atoms with Gasteiger partial charge in [-0.05, 0) is 30.7 Å². The summed E-state index contributed by atoms with van der Waals surface area (Å²) < 4.78 is 5.56. The molecule has 90 valence electrons. The summed E-state index contributed by atoms with van der Waals surface area (Å²) in [6.45, 7) is 1.94. The molecule has 0 radical (unpaired) electrons. The minimum absolute atomic E-state index is 0.464. The molecule has 2 aromatic heterocycles. The van der Waals surface area contributed by atoms with Crippen molar-refractivity contribution in [1.29, 1.82) is 0 Å². The first-order valence-corrected chi connectivity index (χ1v) is 6.08. The van der Waals surface area contributed by atoms with Gasteiger partial charge in [-0.1, -0.05) is 29.3 Å². The molecule has 0 aliphatic heterocycles. The molecule has 2 heterocycles. The molecule has 3 nitrogen and oxygen atoms in total. The van der Waals surface area contributed by atoms with Gasteiger partial charge in [-0.25, -0.2) is 9.97 Å². The fourth-order valence-corrected chi connectivity index (χ4v) is 1.98. The van der Waals surface area contributed by atoms with Crippen molar-refractivity contribution in [2.75, 3.05) is 0 Å². The molecule has 0 amide bonds. The van der Waals surface area contributed by atoms with E-state index in [1.165, 1.54) is 6.20 Å². The third-order valence-electron chi connectivity index (χ3n) is 2.63. The number of benzene rings is 1. The molecule has 0 aliphatic carbocycles. The summed E-state index contributed by atoms with van der Waals surface area (Å²) in [5.41, 5.74) is 2.93. The van der Waals surface area contributed by atoms with Crippen LogP contribution in [0.5, 0.6) is 0 Å². The Morgan fingerprint density at radius 2 is 2.00 bits per heavy atom. The zero-order valence-corrected chi connectivity index (χ0v) is 11.0. The van der Waals surface area contributed by atoms with E-state index in [2.05, 4.69) is 9.97 Å². The summed E-state index contributed by atoms with van der Waals surface area (Å²) in [4.78, 5) is 8.42. The smallest absolute Gasteiger partial charge is 0.247 e. The van der Waals surface area contributed by atoms with Crippen molar-refractivity contribution in [1.82, 2.24) is 9.97 Å². The monoisotopic (exact) mass is 278 g/mol. The number of pyridine rings is 1. The van der Waals surface area contributed by atoms with Crippen molar-refractivity contribution >= 4 is 34.4 Å². The van der Waals surface area contributed by atoms with Gasteiger partial charge in [-0.3, -0.25) is 0 Å². The molecular formula is C13H8Cl2N2O. The molecule has 3 rings (SSSR count). The van der Waals surface area contributed by atoms with Gasteiger partial charge in [0.25, 0.3) is 0 Å². The van der Waals surface area contributed by atoms with Gasteiger partial charge >= 0.3 is 0 Å². The van der Waals surface area contributed by atoms with Crippen LogP contribution in [0.4, 0.5) is 0 Å². The number of fused-ring (bicyclic) bond motifs is 1. The van der Waals surface area contributed by atoms with Crippen molar-refractivity contribution < 1.29 is 4.42 Å². The molecule has 0 saturated carbocycles. The fourth-order valence-electron chi connectivity index (χ4n) is 1.65. The van der Waals surface area contributed by atoms with E-state index in [9.17, 15) is 0 Å². The van der Waals surface area contributed by atoms with Gasteiger partial charge in [0, 0.05) is 16.8 Å². The fraction of sp³-hybridized carbons (Fsp3) is 0.0769. The first kappa shape index (κ1) is 11.5. The van der Waals surface area contributed by atoms with E-state index < -0.39 is 0 Å². The van der Waals surface area contributed by atoms with Gasteiger partial charge < -0.3 is 4.42 Å². The van der Waals surface area contributed by atoms with E-state index in [1.54, 1.807) is 6.07 Å². The number of aromatic nitrogens is 2. The van der Waals surface area contributed by atoms with E-state index in [1.807, 2.05) is 25.1 Å². The van der Waals surface area contributed by atoms with Crippen LogP contribution < -0.4 is 0 Å². The lowest BCUT2D eigenvalue weighted by molar-refractivity contribution is 0.608. The van der Waals surface area contributed by atoms with E-state index in [0.29, 0.717) is 27.2 Å². The first-order chi connectivity index (χ1) is 8.63. The predicted octanol–water partition coefficient (Wildman–Crippen LogP) is 4.51. The molecular weight excluding hydrogens is 271 g/mol. The number of aryl methyl sites for hydroxylation is 1. The van der Waals surface area contributed by atoms with Crippen LogP contribution in [0.15, 0.2) is 34.9 Å².